The molecule has 1 aromatic rings. The van der Waals surface area contributed by atoms with Crippen LogP contribution in [0.4, 0.5) is 0 Å². The first-order chi connectivity index (χ1) is 7.70. The third kappa shape index (κ3) is 5.17. The second-order valence-electron chi connectivity index (χ2n) is 4.59. The van der Waals surface area contributed by atoms with Crippen LogP contribution in [0, 0.1) is 11.8 Å². The molecule has 1 rings (SSSR count). The average Bonchev–Trinajstić information content (AvgIpc) is 2.29. The molecule has 0 bridgehead atoms. The highest BCUT2D eigenvalue weighted by atomic mass is 16.5. The molecule has 16 heavy (non-hydrogen) atoms. The summed E-state index contributed by atoms with van der Waals surface area (Å²) in [5, 5.41) is 3.41. The Bertz CT molecular complexity index is 271. The first kappa shape index (κ1) is 13.0. The fourth-order valence-corrected chi connectivity index (χ4v) is 1.32. The molecule has 90 valence electrons. The van der Waals surface area contributed by atoms with Crippen molar-refractivity contribution in [2.24, 2.45) is 11.8 Å². The Morgan fingerprint density at radius 2 is 1.81 bits per heavy atom. The molecule has 0 aromatic heterocycles. The van der Waals surface area contributed by atoms with Crippen LogP contribution in [-0.2, 0) is 0 Å². The Morgan fingerprint density at radius 1 is 1.12 bits per heavy atom. The van der Waals surface area contributed by atoms with E-state index in [1.165, 1.54) is 0 Å². The van der Waals surface area contributed by atoms with Gasteiger partial charge in [0.15, 0.2) is 0 Å². The number of nitrogens with one attached hydrogen (secondary N) is 1. The summed E-state index contributed by atoms with van der Waals surface area (Å²) >= 11 is 0. The van der Waals surface area contributed by atoms with Crippen LogP contribution in [0.2, 0.25) is 0 Å². The molecule has 0 saturated carbocycles. The van der Waals surface area contributed by atoms with E-state index in [1.807, 2.05) is 30.3 Å². The fourth-order valence-electron chi connectivity index (χ4n) is 1.32. The largest absolute Gasteiger partial charge is 0.492 e. The number of ether oxygens (including phenoxy) is 1. The quantitative estimate of drug-likeness (QED) is 0.715. The molecule has 0 heterocycles. The molecule has 0 spiro atoms. The standard InChI is InChI=1S/C14H23NO/c1-12(2)13(3)11-15-9-10-16-14-7-5-4-6-8-14/h4-8,12-13,15H,9-11H2,1-3H3. The lowest BCUT2D eigenvalue weighted by molar-refractivity contribution is 0.302. The van der Waals surface area contributed by atoms with Crippen molar-refractivity contribution in [3.63, 3.8) is 0 Å². The van der Waals surface area contributed by atoms with Crippen LogP contribution in [-0.4, -0.2) is 19.7 Å². The van der Waals surface area contributed by atoms with Gasteiger partial charge in [-0.05, 0) is 30.5 Å². The zero-order chi connectivity index (χ0) is 11.8. The highest BCUT2D eigenvalue weighted by molar-refractivity contribution is 5.20. The summed E-state index contributed by atoms with van der Waals surface area (Å²) in [6.45, 7) is 9.49. The molecule has 1 aromatic carbocycles. The second-order valence-corrected chi connectivity index (χ2v) is 4.59. The van der Waals surface area contributed by atoms with Crippen LogP contribution in [0.3, 0.4) is 0 Å². The zero-order valence-electron chi connectivity index (χ0n) is 10.6. The van der Waals surface area contributed by atoms with Crippen LogP contribution < -0.4 is 10.1 Å². The van der Waals surface area contributed by atoms with E-state index in [0.717, 1.165) is 37.3 Å². The van der Waals surface area contributed by atoms with Gasteiger partial charge in [0.25, 0.3) is 0 Å². The molecular weight excluding hydrogens is 198 g/mol. The first-order valence-corrected chi connectivity index (χ1v) is 6.08. The van der Waals surface area contributed by atoms with Gasteiger partial charge in [-0.1, -0.05) is 39.0 Å². The summed E-state index contributed by atoms with van der Waals surface area (Å²) in [7, 11) is 0. The van der Waals surface area contributed by atoms with E-state index in [2.05, 4.69) is 26.1 Å². The van der Waals surface area contributed by atoms with Crippen molar-refractivity contribution in [1.82, 2.24) is 5.32 Å². The van der Waals surface area contributed by atoms with Crippen LogP contribution in [0.1, 0.15) is 20.8 Å². The van der Waals surface area contributed by atoms with Gasteiger partial charge in [-0.15, -0.1) is 0 Å². The number of rotatable bonds is 7. The second kappa shape index (κ2) is 7.29. The predicted octanol–water partition coefficient (Wildman–Crippen LogP) is 2.95. The van der Waals surface area contributed by atoms with Gasteiger partial charge in [0, 0.05) is 6.54 Å². The molecule has 0 aliphatic carbocycles. The van der Waals surface area contributed by atoms with E-state index in [4.69, 9.17) is 4.74 Å². The van der Waals surface area contributed by atoms with Crippen molar-refractivity contribution in [2.75, 3.05) is 19.7 Å². The van der Waals surface area contributed by atoms with Crippen molar-refractivity contribution in [3.8, 4) is 5.75 Å². The molecule has 1 unspecified atom stereocenters. The van der Waals surface area contributed by atoms with Crippen molar-refractivity contribution < 1.29 is 4.74 Å². The van der Waals surface area contributed by atoms with E-state index in [1.54, 1.807) is 0 Å². The SMILES string of the molecule is CC(C)C(C)CNCCOc1ccccc1. The summed E-state index contributed by atoms with van der Waals surface area (Å²) in [4.78, 5) is 0. The summed E-state index contributed by atoms with van der Waals surface area (Å²) in [6, 6.07) is 9.94. The van der Waals surface area contributed by atoms with Crippen molar-refractivity contribution in [3.05, 3.63) is 30.3 Å². The number of hydrogen-bond acceptors (Lipinski definition) is 2. The minimum Gasteiger partial charge on any atom is -0.492 e. The van der Waals surface area contributed by atoms with Gasteiger partial charge >= 0.3 is 0 Å². The molecule has 0 amide bonds. The number of para-hydroxylation sites is 1. The van der Waals surface area contributed by atoms with Crippen LogP contribution >= 0.6 is 0 Å². The van der Waals surface area contributed by atoms with Gasteiger partial charge in [0.05, 0.1) is 0 Å². The Balaban J connectivity index is 2.04. The van der Waals surface area contributed by atoms with Gasteiger partial charge < -0.3 is 10.1 Å². The van der Waals surface area contributed by atoms with Gasteiger partial charge in [-0.3, -0.25) is 0 Å². The smallest absolute Gasteiger partial charge is 0.119 e. The Labute approximate surface area is 99.0 Å². The van der Waals surface area contributed by atoms with Crippen LogP contribution in [0.5, 0.6) is 5.75 Å². The minimum atomic E-state index is 0.719. The van der Waals surface area contributed by atoms with Gasteiger partial charge in [-0.25, -0.2) is 0 Å². The molecule has 2 heteroatoms. The van der Waals surface area contributed by atoms with E-state index in [0.29, 0.717) is 0 Å². The Hall–Kier alpha value is -1.02. The topological polar surface area (TPSA) is 21.3 Å². The van der Waals surface area contributed by atoms with Crippen molar-refractivity contribution in [1.29, 1.82) is 0 Å². The summed E-state index contributed by atoms with van der Waals surface area (Å²) < 4.78 is 5.59. The molecule has 1 N–H and O–H groups in total. The third-order valence-electron chi connectivity index (χ3n) is 2.90. The number of benzene rings is 1. The normalized spacial score (nSPS) is 12.8. The predicted molar refractivity (Wildman–Crippen MR) is 68.8 cm³/mol. The molecule has 0 aliphatic rings. The first-order valence-electron chi connectivity index (χ1n) is 6.08. The lowest BCUT2D eigenvalue weighted by Gasteiger charge is -2.16. The molecule has 2 nitrogen and oxygen atoms in total. The van der Waals surface area contributed by atoms with E-state index >= 15 is 0 Å². The minimum absolute atomic E-state index is 0.719. The van der Waals surface area contributed by atoms with Gasteiger partial charge in [0.1, 0.15) is 12.4 Å². The van der Waals surface area contributed by atoms with Crippen molar-refractivity contribution >= 4 is 0 Å². The van der Waals surface area contributed by atoms with E-state index < -0.39 is 0 Å². The molecule has 1 atom stereocenters. The Morgan fingerprint density at radius 3 is 2.44 bits per heavy atom. The molecule has 0 fully saturated rings. The maximum absolute atomic E-state index is 5.59. The molecule has 0 radical (unpaired) electrons. The average molecular weight is 221 g/mol. The highest BCUT2D eigenvalue weighted by Crippen LogP contribution is 2.08. The van der Waals surface area contributed by atoms with Gasteiger partial charge in [0.2, 0.25) is 0 Å². The number of hydrogen-bond donors (Lipinski definition) is 1. The van der Waals surface area contributed by atoms with Crippen LogP contribution in [0.25, 0.3) is 0 Å². The molecular formula is C14H23NO. The molecule has 0 saturated heterocycles. The monoisotopic (exact) mass is 221 g/mol. The highest BCUT2D eigenvalue weighted by Gasteiger charge is 2.05. The third-order valence-corrected chi connectivity index (χ3v) is 2.90. The van der Waals surface area contributed by atoms with Crippen molar-refractivity contribution in [2.45, 2.75) is 20.8 Å². The summed E-state index contributed by atoms with van der Waals surface area (Å²) in [5.41, 5.74) is 0. The van der Waals surface area contributed by atoms with E-state index in [9.17, 15) is 0 Å². The maximum atomic E-state index is 5.59. The van der Waals surface area contributed by atoms with Gasteiger partial charge in [-0.2, -0.15) is 0 Å². The lowest BCUT2D eigenvalue weighted by atomic mass is 9.98. The van der Waals surface area contributed by atoms with E-state index in [-0.39, 0.29) is 0 Å². The summed E-state index contributed by atoms with van der Waals surface area (Å²) in [5.74, 6) is 2.40. The van der Waals surface area contributed by atoms with Crippen LogP contribution in [0.15, 0.2) is 30.3 Å². The maximum Gasteiger partial charge on any atom is 0.119 e. The Kier molecular flexibility index (Phi) is 5.94. The zero-order valence-corrected chi connectivity index (χ0v) is 10.6. The lowest BCUT2D eigenvalue weighted by Crippen LogP contribution is -2.28. The molecule has 0 aliphatic heterocycles. The fraction of sp³-hybridized carbons (Fsp3) is 0.571. The summed E-state index contributed by atoms with van der Waals surface area (Å²) in [6.07, 6.45) is 0.